The highest BCUT2D eigenvalue weighted by Crippen LogP contribution is 2.61. The summed E-state index contributed by atoms with van der Waals surface area (Å²) in [7, 11) is 0. The summed E-state index contributed by atoms with van der Waals surface area (Å²) in [6.45, 7) is 9.85. The summed E-state index contributed by atoms with van der Waals surface area (Å²) in [6, 6.07) is 15.7. The van der Waals surface area contributed by atoms with Crippen LogP contribution in [0.2, 0.25) is 0 Å². The van der Waals surface area contributed by atoms with Gasteiger partial charge < -0.3 is 29.7 Å². The maximum atomic E-state index is 14.9. The summed E-state index contributed by atoms with van der Waals surface area (Å²) in [5.41, 5.74) is 0.0866. The SMILES string of the molecule is C=CCCC(=O)OC[C@@H](NC(=O)[C@@H]1[C@H]2O[C@@]3(CC2Br)[C@H](C(=O)N(CC=C)CCCCC)N([C@H](CO)c2ccccc2)C(=O)[C@@H]13)c1ccccc1. The fraction of sp³-hybridized carbons (Fsp3) is 0.487. The van der Waals surface area contributed by atoms with E-state index in [2.05, 4.69) is 41.3 Å². The van der Waals surface area contributed by atoms with E-state index in [1.54, 1.807) is 17.1 Å². The number of unbranched alkanes of at least 4 members (excludes halogenated alkanes) is 2. The lowest BCUT2D eigenvalue weighted by atomic mass is 9.70. The zero-order valence-corrected chi connectivity index (χ0v) is 30.2. The number of nitrogens with one attached hydrogen (secondary N) is 1. The minimum Gasteiger partial charge on any atom is -0.463 e. The molecule has 2 bridgehead atoms. The Balaban J connectivity index is 1.52. The number of alkyl halides is 1. The van der Waals surface area contributed by atoms with Gasteiger partial charge in [0, 0.05) is 24.3 Å². The van der Waals surface area contributed by atoms with Crippen LogP contribution in [-0.4, -0.2) is 87.5 Å². The monoisotopic (exact) mass is 749 g/mol. The highest BCUT2D eigenvalue weighted by Gasteiger charge is 2.77. The Bertz CT molecular complexity index is 1520. The lowest BCUT2D eigenvalue weighted by Gasteiger charge is -2.39. The van der Waals surface area contributed by atoms with Crippen molar-refractivity contribution in [3.05, 3.63) is 97.1 Å². The lowest BCUT2D eigenvalue weighted by molar-refractivity contribution is -0.151. The van der Waals surface area contributed by atoms with Crippen molar-refractivity contribution in [2.75, 3.05) is 26.3 Å². The maximum Gasteiger partial charge on any atom is 0.306 e. The number of allylic oxidation sites excluding steroid dienone is 1. The highest BCUT2D eigenvalue weighted by atomic mass is 79.9. The molecule has 2 aromatic carbocycles. The Labute approximate surface area is 303 Å². The van der Waals surface area contributed by atoms with E-state index in [9.17, 15) is 24.3 Å². The second kappa shape index (κ2) is 16.9. The smallest absolute Gasteiger partial charge is 0.306 e. The molecule has 1 unspecified atom stereocenters. The predicted molar refractivity (Wildman–Crippen MR) is 193 cm³/mol. The molecule has 1 spiro atoms. The van der Waals surface area contributed by atoms with E-state index in [0.29, 0.717) is 24.9 Å². The third kappa shape index (κ3) is 7.45. The molecule has 3 heterocycles. The third-order valence-corrected chi connectivity index (χ3v) is 11.0. The second-order valence-electron chi connectivity index (χ2n) is 13.3. The lowest BCUT2D eigenvalue weighted by Crippen LogP contribution is -2.57. The number of carbonyl (C=O) groups is 4. The number of fused-ring (bicyclic) bond motifs is 1. The molecular formula is C39H48BrN3O7. The molecule has 2 N–H and O–H groups in total. The van der Waals surface area contributed by atoms with Crippen molar-refractivity contribution in [2.24, 2.45) is 11.8 Å². The predicted octanol–water partition coefficient (Wildman–Crippen LogP) is 5.04. The normalized spacial score (nSPS) is 26.2. The summed E-state index contributed by atoms with van der Waals surface area (Å²) >= 11 is 3.75. The molecule has 8 atom stereocenters. The quantitative estimate of drug-likeness (QED) is 0.0948. The number of benzene rings is 2. The molecule has 2 aromatic rings. The topological polar surface area (TPSA) is 125 Å². The van der Waals surface area contributed by atoms with Gasteiger partial charge in [0.2, 0.25) is 17.7 Å². The zero-order chi connectivity index (χ0) is 35.8. The molecule has 268 valence electrons. The number of rotatable bonds is 18. The van der Waals surface area contributed by atoms with Gasteiger partial charge in [-0.3, -0.25) is 19.2 Å². The molecular weight excluding hydrogens is 702 g/mol. The van der Waals surface area contributed by atoms with Gasteiger partial charge in [-0.25, -0.2) is 0 Å². The number of ether oxygens (including phenoxy) is 2. The Hall–Kier alpha value is -3.80. The summed E-state index contributed by atoms with van der Waals surface area (Å²) in [4.78, 5) is 59.4. The molecule has 3 fully saturated rings. The fourth-order valence-corrected chi connectivity index (χ4v) is 8.77. The summed E-state index contributed by atoms with van der Waals surface area (Å²) in [5.74, 6) is -3.49. The number of amides is 3. The summed E-state index contributed by atoms with van der Waals surface area (Å²) < 4.78 is 12.3. The van der Waals surface area contributed by atoms with Gasteiger partial charge in [-0.1, -0.05) is 109 Å². The van der Waals surface area contributed by atoms with Gasteiger partial charge in [-0.15, -0.1) is 13.2 Å². The van der Waals surface area contributed by atoms with E-state index < -0.39 is 66.1 Å². The first kappa shape index (κ1) is 37.5. The fourth-order valence-electron chi connectivity index (χ4n) is 7.83. The Morgan fingerprint density at radius 1 is 1.10 bits per heavy atom. The number of carbonyl (C=O) groups excluding carboxylic acids is 4. The van der Waals surface area contributed by atoms with Crippen molar-refractivity contribution < 1.29 is 33.8 Å². The largest absolute Gasteiger partial charge is 0.463 e. The highest BCUT2D eigenvalue weighted by molar-refractivity contribution is 9.09. The van der Waals surface area contributed by atoms with E-state index in [1.165, 1.54) is 4.90 Å². The molecule has 11 heteroatoms. The van der Waals surface area contributed by atoms with Gasteiger partial charge in [-0.05, 0) is 30.4 Å². The number of likely N-dealkylation sites (tertiary alicyclic amines) is 1. The van der Waals surface area contributed by atoms with Crippen molar-refractivity contribution >= 4 is 39.6 Å². The van der Waals surface area contributed by atoms with Crippen molar-refractivity contribution in [1.82, 2.24) is 15.1 Å². The van der Waals surface area contributed by atoms with E-state index in [1.807, 2.05) is 60.7 Å². The zero-order valence-electron chi connectivity index (χ0n) is 28.6. The molecule has 0 radical (unpaired) electrons. The molecule has 3 aliphatic heterocycles. The van der Waals surface area contributed by atoms with E-state index in [0.717, 1.165) is 24.8 Å². The standard InChI is InChI=1S/C39H48BrN3O7/c1-4-7-15-22-42(21-6-3)38(48)35-39-23-28(40)34(50-39)32(33(39)37(47)43(35)30(24-44)27-18-13-10-14-19-27)36(46)41-29(26-16-11-9-12-17-26)25-49-31(45)20-8-5-2/h5-6,9-14,16-19,28-30,32-35,44H,2-4,7-8,15,20-25H2,1H3,(H,41,46)/t28?,29-,30-,32+,33-,34+,35+,39-/m1/s1. The summed E-state index contributed by atoms with van der Waals surface area (Å²) in [5, 5.41) is 13.9. The average molecular weight is 751 g/mol. The number of nitrogens with zero attached hydrogens (tertiary/aromatic N) is 2. The molecule has 3 saturated heterocycles. The van der Waals surface area contributed by atoms with Gasteiger partial charge in [0.05, 0.1) is 36.6 Å². The van der Waals surface area contributed by atoms with Crippen molar-refractivity contribution in [1.29, 1.82) is 0 Å². The van der Waals surface area contributed by atoms with Crippen LogP contribution >= 0.6 is 15.9 Å². The number of aliphatic hydroxyl groups excluding tert-OH is 1. The van der Waals surface area contributed by atoms with Gasteiger partial charge in [0.15, 0.2) is 0 Å². The Morgan fingerprint density at radius 2 is 1.78 bits per heavy atom. The Kier molecular flexibility index (Phi) is 12.7. The van der Waals surface area contributed by atoms with Crippen LogP contribution in [0.3, 0.4) is 0 Å². The van der Waals surface area contributed by atoms with E-state index in [-0.39, 0.29) is 30.3 Å². The molecule has 3 aliphatic rings. The number of halogens is 1. The van der Waals surface area contributed by atoms with Crippen LogP contribution in [0.1, 0.15) is 68.7 Å². The first-order chi connectivity index (χ1) is 24.2. The second-order valence-corrected chi connectivity index (χ2v) is 14.5. The van der Waals surface area contributed by atoms with Crippen LogP contribution in [0.4, 0.5) is 0 Å². The van der Waals surface area contributed by atoms with Crippen LogP contribution in [0.5, 0.6) is 0 Å². The molecule has 5 rings (SSSR count). The van der Waals surface area contributed by atoms with Crippen molar-refractivity contribution in [3.8, 4) is 0 Å². The average Bonchev–Trinajstić information content (AvgIpc) is 3.73. The van der Waals surface area contributed by atoms with Gasteiger partial charge >= 0.3 is 5.97 Å². The number of hydrogen-bond acceptors (Lipinski definition) is 7. The molecule has 0 aliphatic carbocycles. The maximum absolute atomic E-state index is 14.9. The third-order valence-electron chi connectivity index (χ3n) is 10.1. The minimum absolute atomic E-state index is 0.104. The summed E-state index contributed by atoms with van der Waals surface area (Å²) in [6.07, 6.45) is 6.28. The van der Waals surface area contributed by atoms with E-state index >= 15 is 0 Å². The van der Waals surface area contributed by atoms with Crippen LogP contribution in [-0.2, 0) is 28.7 Å². The van der Waals surface area contributed by atoms with Crippen molar-refractivity contribution in [3.63, 3.8) is 0 Å². The van der Waals surface area contributed by atoms with Crippen LogP contribution in [0.25, 0.3) is 0 Å². The van der Waals surface area contributed by atoms with Crippen molar-refractivity contribution in [2.45, 2.75) is 80.1 Å². The van der Waals surface area contributed by atoms with E-state index in [4.69, 9.17) is 9.47 Å². The van der Waals surface area contributed by atoms with Crippen LogP contribution in [0, 0.1) is 11.8 Å². The molecule has 50 heavy (non-hydrogen) atoms. The van der Waals surface area contributed by atoms with Crippen LogP contribution < -0.4 is 5.32 Å². The number of esters is 1. The van der Waals surface area contributed by atoms with Gasteiger partial charge in [0.1, 0.15) is 18.2 Å². The first-order valence-electron chi connectivity index (χ1n) is 17.5. The molecule has 0 saturated carbocycles. The molecule has 3 amide bonds. The molecule has 0 aromatic heterocycles. The minimum atomic E-state index is -1.32. The number of aliphatic hydroxyl groups is 1. The van der Waals surface area contributed by atoms with Gasteiger partial charge in [0.25, 0.3) is 0 Å². The van der Waals surface area contributed by atoms with Crippen LogP contribution in [0.15, 0.2) is 86.0 Å². The van der Waals surface area contributed by atoms with Gasteiger partial charge in [-0.2, -0.15) is 0 Å². The Morgan fingerprint density at radius 3 is 2.40 bits per heavy atom. The molecule has 10 nitrogen and oxygen atoms in total. The number of hydrogen-bond donors (Lipinski definition) is 2. The first-order valence-corrected chi connectivity index (χ1v) is 18.4.